The SMILES string of the molecule is CCOC(=O)CN(C)CC(=O)N(CC)C1CCCCC1. The Kier molecular flexibility index (Phi) is 7.59. The summed E-state index contributed by atoms with van der Waals surface area (Å²) in [5.74, 6) is -0.158. The molecule has 0 aromatic heterocycles. The highest BCUT2D eigenvalue weighted by atomic mass is 16.5. The Labute approximate surface area is 122 Å². The van der Waals surface area contributed by atoms with Crippen molar-refractivity contribution >= 4 is 11.9 Å². The van der Waals surface area contributed by atoms with Gasteiger partial charge in [0, 0.05) is 12.6 Å². The number of ether oxygens (including phenoxy) is 1. The maximum atomic E-state index is 12.4. The molecule has 0 unspecified atom stereocenters. The summed E-state index contributed by atoms with van der Waals surface area (Å²) >= 11 is 0. The number of rotatable bonds is 7. The molecule has 0 atom stereocenters. The van der Waals surface area contributed by atoms with E-state index < -0.39 is 0 Å². The molecule has 1 amide bonds. The molecule has 1 saturated carbocycles. The van der Waals surface area contributed by atoms with Gasteiger partial charge in [0.05, 0.1) is 19.7 Å². The maximum Gasteiger partial charge on any atom is 0.320 e. The van der Waals surface area contributed by atoms with Gasteiger partial charge in [0.15, 0.2) is 0 Å². The number of amides is 1. The molecule has 0 radical (unpaired) electrons. The number of esters is 1. The van der Waals surface area contributed by atoms with Crippen LogP contribution >= 0.6 is 0 Å². The lowest BCUT2D eigenvalue weighted by Crippen LogP contribution is -2.46. The standard InChI is InChI=1S/C15H28N2O3/c1-4-17(13-9-7-6-8-10-13)14(18)11-16(3)12-15(19)20-5-2/h13H,4-12H2,1-3H3. The van der Waals surface area contributed by atoms with Gasteiger partial charge in [-0.2, -0.15) is 0 Å². The first-order chi connectivity index (χ1) is 9.58. The van der Waals surface area contributed by atoms with Crippen molar-refractivity contribution in [2.75, 3.05) is 33.3 Å². The van der Waals surface area contributed by atoms with E-state index in [1.165, 1.54) is 19.3 Å². The van der Waals surface area contributed by atoms with Gasteiger partial charge in [0.2, 0.25) is 5.91 Å². The van der Waals surface area contributed by atoms with Crippen LogP contribution in [0.25, 0.3) is 0 Å². The number of likely N-dealkylation sites (N-methyl/N-ethyl adjacent to an activating group) is 2. The minimum Gasteiger partial charge on any atom is -0.465 e. The van der Waals surface area contributed by atoms with Gasteiger partial charge in [-0.05, 0) is 33.7 Å². The van der Waals surface area contributed by atoms with Crippen molar-refractivity contribution in [1.29, 1.82) is 0 Å². The van der Waals surface area contributed by atoms with E-state index in [0.717, 1.165) is 19.4 Å². The van der Waals surface area contributed by atoms with Crippen molar-refractivity contribution in [2.45, 2.75) is 52.0 Å². The molecule has 1 fully saturated rings. The second-order valence-electron chi connectivity index (χ2n) is 5.45. The Bertz CT molecular complexity index is 314. The largest absolute Gasteiger partial charge is 0.465 e. The zero-order valence-corrected chi connectivity index (χ0v) is 13.1. The lowest BCUT2D eigenvalue weighted by Gasteiger charge is -2.34. The lowest BCUT2D eigenvalue weighted by atomic mass is 9.94. The third-order valence-electron chi connectivity index (χ3n) is 3.79. The molecule has 0 spiro atoms. The highest BCUT2D eigenvalue weighted by Gasteiger charge is 2.25. The van der Waals surface area contributed by atoms with Crippen LogP contribution in [-0.4, -0.2) is 61.0 Å². The zero-order chi connectivity index (χ0) is 15.0. The van der Waals surface area contributed by atoms with Crippen LogP contribution in [-0.2, 0) is 14.3 Å². The van der Waals surface area contributed by atoms with Crippen LogP contribution in [0.3, 0.4) is 0 Å². The molecule has 5 heteroatoms. The molecule has 1 aliphatic carbocycles. The van der Waals surface area contributed by atoms with Gasteiger partial charge in [-0.25, -0.2) is 0 Å². The van der Waals surface area contributed by atoms with Gasteiger partial charge in [0.1, 0.15) is 0 Å². The van der Waals surface area contributed by atoms with Crippen LogP contribution in [0.2, 0.25) is 0 Å². The first-order valence-electron chi connectivity index (χ1n) is 7.72. The van der Waals surface area contributed by atoms with Crippen LogP contribution in [0, 0.1) is 0 Å². The van der Waals surface area contributed by atoms with Crippen molar-refractivity contribution in [3.8, 4) is 0 Å². The Morgan fingerprint density at radius 2 is 1.75 bits per heavy atom. The Morgan fingerprint density at radius 1 is 1.10 bits per heavy atom. The molecular weight excluding hydrogens is 256 g/mol. The molecule has 0 N–H and O–H groups in total. The van der Waals surface area contributed by atoms with Gasteiger partial charge >= 0.3 is 5.97 Å². The second kappa shape index (κ2) is 8.95. The molecule has 0 bridgehead atoms. The summed E-state index contributed by atoms with van der Waals surface area (Å²) in [5, 5.41) is 0. The fourth-order valence-corrected chi connectivity index (χ4v) is 2.84. The maximum absolute atomic E-state index is 12.4. The van der Waals surface area contributed by atoms with E-state index in [2.05, 4.69) is 0 Å². The molecule has 0 aliphatic heterocycles. The monoisotopic (exact) mass is 284 g/mol. The number of hydrogen-bond acceptors (Lipinski definition) is 4. The smallest absolute Gasteiger partial charge is 0.320 e. The van der Waals surface area contributed by atoms with Crippen LogP contribution in [0.5, 0.6) is 0 Å². The summed E-state index contributed by atoms with van der Waals surface area (Å²) in [7, 11) is 1.78. The van der Waals surface area contributed by atoms with E-state index in [1.54, 1.807) is 18.9 Å². The van der Waals surface area contributed by atoms with E-state index in [0.29, 0.717) is 12.6 Å². The van der Waals surface area contributed by atoms with E-state index >= 15 is 0 Å². The van der Waals surface area contributed by atoms with E-state index in [9.17, 15) is 9.59 Å². The Morgan fingerprint density at radius 3 is 2.30 bits per heavy atom. The normalized spacial score (nSPS) is 16.2. The van der Waals surface area contributed by atoms with Crippen molar-refractivity contribution in [3.05, 3.63) is 0 Å². The molecule has 1 aliphatic rings. The third-order valence-corrected chi connectivity index (χ3v) is 3.79. The quantitative estimate of drug-likeness (QED) is 0.667. The molecule has 0 heterocycles. The lowest BCUT2D eigenvalue weighted by molar-refractivity contribution is -0.145. The van der Waals surface area contributed by atoms with Crippen molar-refractivity contribution in [2.24, 2.45) is 0 Å². The van der Waals surface area contributed by atoms with Crippen LogP contribution in [0.15, 0.2) is 0 Å². The summed E-state index contributed by atoms with van der Waals surface area (Å²) in [6.45, 7) is 5.38. The van der Waals surface area contributed by atoms with Crippen molar-refractivity contribution in [3.63, 3.8) is 0 Å². The minimum atomic E-state index is -0.275. The summed E-state index contributed by atoms with van der Waals surface area (Å²) in [6.07, 6.45) is 5.94. The molecular formula is C15H28N2O3. The van der Waals surface area contributed by atoms with E-state index in [1.807, 2.05) is 11.8 Å². The average molecular weight is 284 g/mol. The Balaban J connectivity index is 2.43. The second-order valence-corrected chi connectivity index (χ2v) is 5.45. The number of hydrogen-bond donors (Lipinski definition) is 0. The van der Waals surface area contributed by atoms with E-state index in [-0.39, 0.29) is 25.0 Å². The van der Waals surface area contributed by atoms with Gasteiger partial charge in [0.25, 0.3) is 0 Å². The van der Waals surface area contributed by atoms with Crippen LogP contribution in [0.4, 0.5) is 0 Å². The zero-order valence-electron chi connectivity index (χ0n) is 13.1. The highest BCUT2D eigenvalue weighted by molar-refractivity contribution is 5.79. The molecule has 5 nitrogen and oxygen atoms in total. The summed E-state index contributed by atoms with van der Waals surface area (Å²) in [4.78, 5) is 27.4. The van der Waals surface area contributed by atoms with Gasteiger partial charge in [-0.3, -0.25) is 14.5 Å². The highest BCUT2D eigenvalue weighted by Crippen LogP contribution is 2.22. The van der Waals surface area contributed by atoms with Crippen LogP contribution in [0.1, 0.15) is 46.0 Å². The van der Waals surface area contributed by atoms with Gasteiger partial charge in [-0.1, -0.05) is 19.3 Å². The van der Waals surface area contributed by atoms with Crippen molar-refractivity contribution in [1.82, 2.24) is 9.80 Å². The summed E-state index contributed by atoms with van der Waals surface area (Å²) in [6, 6.07) is 0.386. The molecule has 0 aromatic carbocycles. The number of carbonyl (C=O) groups is 2. The topological polar surface area (TPSA) is 49.9 Å². The average Bonchev–Trinajstić information content (AvgIpc) is 2.40. The Hall–Kier alpha value is -1.10. The fraction of sp³-hybridized carbons (Fsp3) is 0.867. The molecule has 1 rings (SSSR count). The van der Waals surface area contributed by atoms with Gasteiger partial charge < -0.3 is 9.64 Å². The van der Waals surface area contributed by atoms with Crippen molar-refractivity contribution < 1.29 is 14.3 Å². The van der Waals surface area contributed by atoms with Gasteiger partial charge in [-0.15, -0.1) is 0 Å². The third kappa shape index (κ3) is 5.49. The van der Waals surface area contributed by atoms with Crippen LogP contribution < -0.4 is 0 Å². The van der Waals surface area contributed by atoms with E-state index in [4.69, 9.17) is 4.74 Å². The molecule has 20 heavy (non-hydrogen) atoms. The summed E-state index contributed by atoms with van der Waals surface area (Å²) < 4.78 is 4.89. The first kappa shape index (κ1) is 17.0. The first-order valence-corrected chi connectivity index (χ1v) is 7.72. The predicted molar refractivity (Wildman–Crippen MR) is 78.4 cm³/mol. The molecule has 116 valence electrons. The number of carbonyl (C=O) groups excluding carboxylic acids is 2. The number of nitrogens with zero attached hydrogens (tertiary/aromatic N) is 2. The molecule has 0 aromatic rings. The summed E-state index contributed by atoms with van der Waals surface area (Å²) in [5.41, 5.74) is 0. The molecule has 0 saturated heterocycles. The predicted octanol–water partition coefficient (Wildman–Crippen LogP) is 1.66. The minimum absolute atomic E-state index is 0.117. The fourth-order valence-electron chi connectivity index (χ4n) is 2.84.